The highest BCUT2D eigenvalue weighted by Gasteiger charge is 2.43. The van der Waals surface area contributed by atoms with Crippen LogP contribution >= 0.6 is 11.6 Å². The van der Waals surface area contributed by atoms with E-state index in [9.17, 15) is 4.79 Å². The molecule has 2 aliphatic heterocycles. The Balaban J connectivity index is 1.46. The van der Waals surface area contributed by atoms with Crippen molar-refractivity contribution < 1.29 is 9.53 Å². The second-order valence-electron chi connectivity index (χ2n) is 8.90. The Hall–Kier alpha value is -2.83. The predicted molar refractivity (Wildman–Crippen MR) is 125 cm³/mol. The fraction of sp³-hybridized carbons (Fsp3) is 0.360. The minimum absolute atomic E-state index is 0.129. The molecule has 3 aromatic rings. The summed E-state index contributed by atoms with van der Waals surface area (Å²) in [7, 11) is 3.95. The quantitative estimate of drug-likeness (QED) is 0.640. The van der Waals surface area contributed by atoms with Gasteiger partial charge in [-0.15, -0.1) is 0 Å². The topological polar surface area (TPSA) is 59.4 Å². The number of aromatic nitrogens is 2. The van der Waals surface area contributed by atoms with Gasteiger partial charge in [-0.1, -0.05) is 48.0 Å². The second-order valence-corrected chi connectivity index (χ2v) is 9.31. The first-order chi connectivity index (χ1) is 15.4. The Bertz CT molecular complexity index is 1150. The highest BCUT2D eigenvalue weighted by Crippen LogP contribution is 2.44. The molecule has 1 unspecified atom stereocenters. The number of rotatable bonds is 3. The maximum Gasteiger partial charge on any atom is 0.255 e. The fourth-order valence-electron chi connectivity index (χ4n) is 4.82. The molecule has 1 amide bonds. The van der Waals surface area contributed by atoms with Crippen LogP contribution in [0.25, 0.3) is 11.3 Å². The smallest absolute Gasteiger partial charge is 0.255 e. The van der Waals surface area contributed by atoms with E-state index in [0.717, 1.165) is 49.2 Å². The number of piperidine rings is 1. The average Bonchev–Trinajstić information content (AvgIpc) is 3.18. The normalized spacial score (nSPS) is 19.9. The molecule has 1 N–H and O–H groups in total. The monoisotopic (exact) mass is 450 g/mol. The van der Waals surface area contributed by atoms with Crippen LogP contribution in [0.15, 0.2) is 54.7 Å². The number of para-hydroxylation sites is 1. The molecule has 7 heteroatoms. The predicted octanol–water partition coefficient (Wildman–Crippen LogP) is 4.46. The maximum atomic E-state index is 13.5. The number of aryl methyl sites for hydroxylation is 1. The number of benzene rings is 2. The molecular formula is C25H27ClN4O2. The number of hydrogen-bond donors (Lipinski definition) is 1. The van der Waals surface area contributed by atoms with Crippen LogP contribution in [0, 0.1) is 0 Å². The third kappa shape index (κ3) is 3.89. The third-order valence-electron chi connectivity index (χ3n) is 6.60. The standard InChI is InChI=1S/C25H27ClN4O2/c1-29-13-11-25(12-14-29)15-21(18-8-4-6-10-22(18)32-25)27-24(31)19-16-30(2)28-23(19)17-7-3-5-9-20(17)26/h3-10,16,21H,11-15H2,1-2H3,(H,27,31). The largest absolute Gasteiger partial charge is 0.487 e. The van der Waals surface area contributed by atoms with Crippen molar-refractivity contribution in [2.24, 2.45) is 7.05 Å². The van der Waals surface area contributed by atoms with Gasteiger partial charge in [0.2, 0.25) is 0 Å². The highest BCUT2D eigenvalue weighted by molar-refractivity contribution is 6.33. The van der Waals surface area contributed by atoms with E-state index in [4.69, 9.17) is 16.3 Å². The van der Waals surface area contributed by atoms with Gasteiger partial charge in [-0.05, 0) is 32.0 Å². The number of amides is 1. The summed E-state index contributed by atoms with van der Waals surface area (Å²) in [6.07, 6.45) is 4.40. The molecule has 3 heterocycles. The van der Waals surface area contributed by atoms with Gasteiger partial charge in [0.25, 0.3) is 5.91 Å². The highest BCUT2D eigenvalue weighted by atomic mass is 35.5. The molecular weight excluding hydrogens is 424 g/mol. The molecule has 1 atom stereocenters. The minimum atomic E-state index is -0.251. The SMILES string of the molecule is CN1CCC2(CC1)CC(NC(=O)c1cn(C)nc1-c1ccccc1Cl)c1ccccc1O2. The first-order valence-corrected chi connectivity index (χ1v) is 11.4. The van der Waals surface area contributed by atoms with E-state index in [1.54, 1.807) is 10.9 Å². The Morgan fingerprint density at radius 3 is 2.62 bits per heavy atom. The van der Waals surface area contributed by atoms with Crippen LogP contribution in [0.2, 0.25) is 5.02 Å². The summed E-state index contributed by atoms with van der Waals surface area (Å²) >= 11 is 6.41. The molecule has 166 valence electrons. The fourth-order valence-corrected chi connectivity index (χ4v) is 5.05. The van der Waals surface area contributed by atoms with Crippen LogP contribution < -0.4 is 10.1 Å². The maximum absolute atomic E-state index is 13.5. The Morgan fingerprint density at radius 1 is 1.12 bits per heavy atom. The molecule has 0 saturated carbocycles. The number of fused-ring (bicyclic) bond motifs is 1. The van der Waals surface area contributed by atoms with E-state index in [1.165, 1.54) is 0 Å². The summed E-state index contributed by atoms with van der Waals surface area (Å²) in [4.78, 5) is 15.8. The van der Waals surface area contributed by atoms with Crippen molar-refractivity contribution in [3.63, 3.8) is 0 Å². The van der Waals surface area contributed by atoms with Gasteiger partial charge < -0.3 is 15.0 Å². The number of nitrogens with zero attached hydrogens (tertiary/aromatic N) is 3. The van der Waals surface area contributed by atoms with Gasteiger partial charge >= 0.3 is 0 Å². The lowest BCUT2D eigenvalue weighted by Crippen LogP contribution is -2.51. The summed E-state index contributed by atoms with van der Waals surface area (Å²) in [6, 6.07) is 15.4. The Labute approximate surface area is 193 Å². The molecule has 0 bridgehead atoms. The zero-order chi connectivity index (χ0) is 22.3. The molecule has 1 spiro atoms. The van der Waals surface area contributed by atoms with Crippen LogP contribution in [0.4, 0.5) is 0 Å². The van der Waals surface area contributed by atoms with Gasteiger partial charge in [0.1, 0.15) is 17.0 Å². The van der Waals surface area contributed by atoms with Crippen LogP contribution in [0.5, 0.6) is 5.75 Å². The first kappa shape index (κ1) is 21.0. The molecule has 32 heavy (non-hydrogen) atoms. The summed E-state index contributed by atoms with van der Waals surface area (Å²) in [5, 5.41) is 8.39. The van der Waals surface area contributed by atoms with Crippen molar-refractivity contribution in [1.29, 1.82) is 0 Å². The number of halogens is 1. The molecule has 1 fully saturated rings. The van der Waals surface area contributed by atoms with E-state index >= 15 is 0 Å². The summed E-state index contributed by atoms with van der Waals surface area (Å²) in [5.74, 6) is 0.712. The van der Waals surface area contributed by atoms with Gasteiger partial charge in [0.15, 0.2) is 0 Å². The van der Waals surface area contributed by atoms with Crippen LogP contribution in [0.3, 0.4) is 0 Å². The molecule has 2 aliphatic rings. The van der Waals surface area contributed by atoms with Crippen molar-refractivity contribution in [2.75, 3.05) is 20.1 Å². The van der Waals surface area contributed by atoms with Gasteiger partial charge in [-0.25, -0.2) is 0 Å². The van der Waals surface area contributed by atoms with Gasteiger partial charge in [-0.2, -0.15) is 5.10 Å². The zero-order valence-electron chi connectivity index (χ0n) is 18.3. The first-order valence-electron chi connectivity index (χ1n) is 11.0. The molecule has 1 aromatic heterocycles. The Kier molecular flexibility index (Phi) is 5.43. The van der Waals surface area contributed by atoms with Crippen molar-refractivity contribution in [1.82, 2.24) is 20.0 Å². The summed E-state index contributed by atoms with van der Waals surface area (Å²) in [6.45, 7) is 1.98. The lowest BCUT2D eigenvalue weighted by atomic mass is 9.80. The van der Waals surface area contributed by atoms with E-state index in [1.807, 2.05) is 55.6 Å². The average molecular weight is 451 g/mol. The molecule has 0 radical (unpaired) electrons. The van der Waals surface area contributed by atoms with Crippen LogP contribution in [-0.2, 0) is 7.05 Å². The van der Waals surface area contributed by atoms with Crippen molar-refractivity contribution in [3.8, 4) is 17.0 Å². The number of carbonyl (C=O) groups is 1. The third-order valence-corrected chi connectivity index (χ3v) is 6.93. The van der Waals surface area contributed by atoms with E-state index in [-0.39, 0.29) is 17.6 Å². The molecule has 1 saturated heterocycles. The summed E-state index contributed by atoms with van der Waals surface area (Å²) < 4.78 is 8.18. The number of ether oxygens (including phenoxy) is 1. The van der Waals surface area contributed by atoms with Gasteiger partial charge in [0, 0.05) is 43.9 Å². The Morgan fingerprint density at radius 2 is 1.84 bits per heavy atom. The van der Waals surface area contributed by atoms with Gasteiger partial charge in [0.05, 0.1) is 16.6 Å². The molecule has 2 aromatic carbocycles. The second kappa shape index (κ2) is 8.26. The van der Waals surface area contributed by atoms with Crippen molar-refractivity contribution in [2.45, 2.75) is 30.9 Å². The zero-order valence-corrected chi connectivity index (χ0v) is 19.1. The molecule has 5 rings (SSSR count). The van der Waals surface area contributed by atoms with Crippen molar-refractivity contribution in [3.05, 3.63) is 70.9 Å². The number of hydrogen-bond acceptors (Lipinski definition) is 4. The van der Waals surface area contributed by atoms with Crippen LogP contribution in [0.1, 0.15) is 41.2 Å². The van der Waals surface area contributed by atoms with E-state index in [0.29, 0.717) is 16.3 Å². The number of likely N-dealkylation sites (tertiary alicyclic amines) is 1. The lowest BCUT2D eigenvalue weighted by molar-refractivity contribution is -0.0195. The molecule has 0 aliphatic carbocycles. The number of carbonyl (C=O) groups excluding carboxylic acids is 1. The number of nitrogens with one attached hydrogen (secondary N) is 1. The minimum Gasteiger partial charge on any atom is -0.487 e. The van der Waals surface area contributed by atoms with Gasteiger partial charge in [-0.3, -0.25) is 9.48 Å². The van der Waals surface area contributed by atoms with Crippen LogP contribution in [-0.4, -0.2) is 46.3 Å². The van der Waals surface area contributed by atoms with E-state index in [2.05, 4.69) is 22.4 Å². The molecule has 6 nitrogen and oxygen atoms in total. The van der Waals surface area contributed by atoms with Crippen molar-refractivity contribution >= 4 is 17.5 Å². The van der Waals surface area contributed by atoms with E-state index < -0.39 is 0 Å². The summed E-state index contributed by atoms with van der Waals surface area (Å²) in [5.41, 5.74) is 2.62. The lowest BCUT2D eigenvalue weighted by Gasteiger charge is -2.46.